The second kappa shape index (κ2) is 5.21. The Labute approximate surface area is 116 Å². The van der Waals surface area contributed by atoms with Gasteiger partial charge in [-0.3, -0.25) is 4.79 Å². The Hall–Kier alpha value is -1.56. The first-order valence-electron chi connectivity index (χ1n) is 6.71. The van der Waals surface area contributed by atoms with Gasteiger partial charge in [-0.05, 0) is 32.1 Å². The van der Waals surface area contributed by atoms with E-state index in [0.29, 0.717) is 16.7 Å². The van der Waals surface area contributed by atoms with Crippen molar-refractivity contribution in [3.63, 3.8) is 0 Å². The Morgan fingerprint density at radius 2 is 2.16 bits per heavy atom. The number of rotatable bonds is 4. The zero-order chi connectivity index (χ0) is 13.2. The first kappa shape index (κ1) is 12.5. The topological polar surface area (TPSA) is 80.0 Å². The fourth-order valence-corrected chi connectivity index (χ4v) is 3.00. The molecule has 0 saturated heterocycles. The van der Waals surface area contributed by atoms with Crippen LogP contribution in [-0.2, 0) is 0 Å². The molecule has 5 nitrogen and oxygen atoms in total. The number of nitrogen functional groups attached to an aromatic ring is 1. The lowest BCUT2D eigenvalue weighted by molar-refractivity contribution is 0.0939. The van der Waals surface area contributed by atoms with Crippen LogP contribution in [0.15, 0.2) is 12.2 Å². The monoisotopic (exact) mass is 278 g/mol. The second-order valence-electron chi connectivity index (χ2n) is 5.11. The number of nitrogens with two attached hydrogens (primary N) is 1. The number of aromatic nitrogens is 1. The van der Waals surface area contributed by atoms with Crippen molar-refractivity contribution in [2.24, 2.45) is 0 Å². The molecule has 6 heteroatoms. The summed E-state index contributed by atoms with van der Waals surface area (Å²) in [6.45, 7) is 0. The number of carbonyl (C=O) groups is 1. The highest BCUT2D eigenvalue weighted by Crippen LogP contribution is 2.30. The van der Waals surface area contributed by atoms with Crippen LogP contribution in [0.3, 0.4) is 0 Å². The van der Waals surface area contributed by atoms with Gasteiger partial charge >= 0.3 is 0 Å². The molecule has 2 aliphatic carbocycles. The summed E-state index contributed by atoms with van der Waals surface area (Å²) in [5.74, 6) is 0.233. The molecule has 4 N–H and O–H groups in total. The van der Waals surface area contributed by atoms with Gasteiger partial charge in [-0.1, -0.05) is 23.5 Å². The van der Waals surface area contributed by atoms with E-state index in [1.165, 1.54) is 24.2 Å². The number of nitrogens with zero attached hydrogens (tertiary/aromatic N) is 1. The number of hydrogen-bond acceptors (Lipinski definition) is 5. The van der Waals surface area contributed by atoms with E-state index in [2.05, 4.69) is 27.8 Å². The molecule has 1 aromatic heterocycles. The van der Waals surface area contributed by atoms with E-state index in [0.717, 1.165) is 24.4 Å². The minimum atomic E-state index is -0.0980. The van der Waals surface area contributed by atoms with Gasteiger partial charge in [0.25, 0.3) is 5.91 Å². The van der Waals surface area contributed by atoms with E-state index in [9.17, 15) is 4.79 Å². The van der Waals surface area contributed by atoms with Crippen molar-refractivity contribution in [2.45, 2.75) is 44.2 Å². The molecule has 1 heterocycles. The molecule has 3 rings (SSSR count). The molecule has 0 bridgehead atoms. The number of thiazole rings is 1. The van der Waals surface area contributed by atoms with Crippen LogP contribution in [0.1, 0.15) is 41.8 Å². The van der Waals surface area contributed by atoms with Gasteiger partial charge in [0.15, 0.2) is 5.13 Å². The first-order chi connectivity index (χ1) is 9.22. The summed E-state index contributed by atoms with van der Waals surface area (Å²) < 4.78 is 0. The molecule has 1 fully saturated rings. The van der Waals surface area contributed by atoms with Crippen LogP contribution >= 0.6 is 11.3 Å². The number of anilines is 2. The third-order valence-corrected chi connectivity index (χ3v) is 4.37. The average Bonchev–Trinajstić information content (AvgIpc) is 3.13. The van der Waals surface area contributed by atoms with Crippen LogP contribution in [0, 0.1) is 0 Å². The third-order valence-electron chi connectivity index (χ3n) is 3.37. The third kappa shape index (κ3) is 3.07. The molecule has 102 valence electrons. The highest BCUT2D eigenvalue weighted by Gasteiger charge is 2.24. The minimum absolute atomic E-state index is 0.0980. The quantitative estimate of drug-likeness (QED) is 0.737. The van der Waals surface area contributed by atoms with Crippen LogP contribution in [-0.4, -0.2) is 23.0 Å². The van der Waals surface area contributed by atoms with Crippen LogP contribution in [0.5, 0.6) is 0 Å². The van der Waals surface area contributed by atoms with Gasteiger partial charge in [-0.25, -0.2) is 4.98 Å². The van der Waals surface area contributed by atoms with E-state index < -0.39 is 0 Å². The molecule has 1 unspecified atom stereocenters. The smallest absolute Gasteiger partial charge is 0.265 e. The summed E-state index contributed by atoms with van der Waals surface area (Å²) in [4.78, 5) is 16.9. The van der Waals surface area contributed by atoms with Gasteiger partial charge in [-0.2, -0.15) is 0 Å². The van der Waals surface area contributed by atoms with Crippen molar-refractivity contribution in [2.75, 3.05) is 11.1 Å². The molecule has 0 spiro atoms. The van der Waals surface area contributed by atoms with Crippen molar-refractivity contribution in [1.82, 2.24) is 10.3 Å². The average molecular weight is 278 g/mol. The maximum atomic E-state index is 12.2. The van der Waals surface area contributed by atoms with Crippen molar-refractivity contribution < 1.29 is 4.79 Å². The Balaban J connectivity index is 1.64. The normalized spacial score (nSPS) is 22.2. The maximum absolute atomic E-state index is 12.2. The van der Waals surface area contributed by atoms with E-state index in [4.69, 9.17) is 5.73 Å². The molecule has 19 heavy (non-hydrogen) atoms. The zero-order valence-corrected chi connectivity index (χ0v) is 11.5. The Bertz CT molecular complexity index is 507. The molecular formula is C13H18N4OS. The molecule has 2 aliphatic rings. The summed E-state index contributed by atoms with van der Waals surface area (Å²) in [5, 5.41) is 7.06. The molecular weight excluding hydrogens is 260 g/mol. The molecule has 0 aromatic carbocycles. The van der Waals surface area contributed by atoms with Gasteiger partial charge in [0.2, 0.25) is 0 Å². The predicted molar refractivity (Wildman–Crippen MR) is 77.4 cm³/mol. The second-order valence-corrected chi connectivity index (χ2v) is 6.11. The number of allylic oxidation sites excluding steroid dienone is 1. The van der Waals surface area contributed by atoms with Crippen molar-refractivity contribution >= 4 is 28.2 Å². The highest BCUT2D eigenvalue weighted by molar-refractivity contribution is 7.18. The SMILES string of the molecule is Nc1nc(NC2CC2)sc1C(=O)NC1CC=CCC1. The molecule has 0 aliphatic heterocycles. The summed E-state index contributed by atoms with van der Waals surface area (Å²) in [6.07, 6.45) is 9.54. The molecule has 1 amide bonds. The number of nitrogens with one attached hydrogen (secondary N) is 2. The van der Waals surface area contributed by atoms with Gasteiger partial charge in [0.1, 0.15) is 10.7 Å². The summed E-state index contributed by atoms with van der Waals surface area (Å²) in [7, 11) is 0. The van der Waals surface area contributed by atoms with Crippen LogP contribution < -0.4 is 16.4 Å². The van der Waals surface area contributed by atoms with E-state index in [1.807, 2.05) is 0 Å². The first-order valence-corrected chi connectivity index (χ1v) is 7.52. The number of amides is 1. The Morgan fingerprint density at radius 1 is 1.32 bits per heavy atom. The summed E-state index contributed by atoms with van der Waals surface area (Å²) in [5.41, 5.74) is 5.83. The highest BCUT2D eigenvalue weighted by atomic mass is 32.1. The Kier molecular flexibility index (Phi) is 3.42. The molecule has 0 radical (unpaired) electrons. The lowest BCUT2D eigenvalue weighted by Crippen LogP contribution is -2.35. The standard InChI is InChI=1S/C13H18N4OS/c14-11-10(19-13(17-11)16-9-6-7-9)12(18)15-8-4-2-1-3-5-8/h1-2,8-9H,3-7,14H2,(H,15,18)(H,16,17). The van der Waals surface area contributed by atoms with E-state index in [1.54, 1.807) is 0 Å². The lowest BCUT2D eigenvalue weighted by atomic mass is 10.0. The van der Waals surface area contributed by atoms with Crippen molar-refractivity contribution in [1.29, 1.82) is 0 Å². The molecule has 1 atom stereocenters. The Morgan fingerprint density at radius 3 is 2.84 bits per heavy atom. The fraction of sp³-hybridized carbons (Fsp3) is 0.538. The lowest BCUT2D eigenvalue weighted by Gasteiger charge is -2.18. The van der Waals surface area contributed by atoms with Gasteiger partial charge in [0, 0.05) is 12.1 Å². The van der Waals surface area contributed by atoms with Crippen molar-refractivity contribution in [3.05, 3.63) is 17.0 Å². The largest absolute Gasteiger partial charge is 0.382 e. The molecule has 1 aromatic rings. The number of hydrogen-bond donors (Lipinski definition) is 3. The zero-order valence-electron chi connectivity index (χ0n) is 10.7. The number of carbonyl (C=O) groups excluding carboxylic acids is 1. The maximum Gasteiger partial charge on any atom is 0.265 e. The predicted octanol–water partition coefficient (Wildman–Crippen LogP) is 2.14. The minimum Gasteiger partial charge on any atom is -0.382 e. The van der Waals surface area contributed by atoms with Crippen LogP contribution in [0.2, 0.25) is 0 Å². The van der Waals surface area contributed by atoms with Gasteiger partial charge in [-0.15, -0.1) is 0 Å². The van der Waals surface area contributed by atoms with Crippen LogP contribution in [0.25, 0.3) is 0 Å². The summed E-state index contributed by atoms with van der Waals surface area (Å²) >= 11 is 1.35. The van der Waals surface area contributed by atoms with Crippen LogP contribution in [0.4, 0.5) is 10.9 Å². The van der Waals surface area contributed by atoms with Gasteiger partial charge < -0.3 is 16.4 Å². The van der Waals surface area contributed by atoms with E-state index >= 15 is 0 Å². The van der Waals surface area contributed by atoms with Crippen molar-refractivity contribution in [3.8, 4) is 0 Å². The van der Waals surface area contributed by atoms with Gasteiger partial charge in [0.05, 0.1) is 0 Å². The van der Waals surface area contributed by atoms with E-state index in [-0.39, 0.29) is 11.9 Å². The fourth-order valence-electron chi connectivity index (χ4n) is 2.13. The summed E-state index contributed by atoms with van der Waals surface area (Å²) in [6, 6.07) is 0.740. The molecule has 1 saturated carbocycles.